The summed E-state index contributed by atoms with van der Waals surface area (Å²) in [4.78, 5) is 0. The number of para-hydroxylation sites is 1. The molecule has 2 unspecified atom stereocenters. The van der Waals surface area contributed by atoms with Crippen molar-refractivity contribution in [3.8, 4) is 23.0 Å². The van der Waals surface area contributed by atoms with Gasteiger partial charge in [0, 0.05) is 11.3 Å². The molecule has 1 aliphatic heterocycles. The molecule has 0 aliphatic carbocycles. The molecule has 3 aromatic carbocycles. The fourth-order valence-electron chi connectivity index (χ4n) is 3.83. The van der Waals surface area contributed by atoms with Gasteiger partial charge in [-0.15, -0.1) is 0 Å². The summed E-state index contributed by atoms with van der Waals surface area (Å²) in [5.41, 5.74) is 3.74. The van der Waals surface area contributed by atoms with Gasteiger partial charge in [-0.25, -0.2) is 0 Å². The quantitative estimate of drug-likeness (QED) is 0.499. The standard InChI is InChI=1S/C26H28N2O4/c1-4-32-24-10-6-9-21(25(24)29)23-16-22(17-11-13-19(30-2)14-12-17)27-26(28-23)18-7-5-8-20(15-18)31-3/h5-16,23,26-29H,4H2,1-3H3. The van der Waals surface area contributed by atoms with Crippen LogP contribution in [0.5, 0.6) is 23.0 Å². The molecule has 6 heteroatoms. The molecule has 166 valence electrons. The van der Waals surface area contributed by atoms with Crippen molar-refractivity contribution in [3.63, 3.8) is 0 Å². The van der Waals surface area contributed by atoms with Crippen molar-refractivity contribution in [2.75, 3.05) is 20.8 Å². The van der Waals surface area contributed by atoms with E-state index >= 15 is 0 Å². The molecule has 6 nitrogen and oxygen atoms in total. The molecule has 0 saturated heterocycles. The molecule has 0 fully saturated rings. The predicted molar refractivity (Wildman–Crippen MR) is 125 cm³/mol. The molecule has 0 aromatic heterocycles. The molecule has 1 heterocycles. The molecule has 32 heavy (non-hydrogen) atoms. The molecule has 0 bridgehead atoms. The van der Waals surface area contributed by atoms with Gasteiger partial charge in [0.2, 0.25) is 0 Å². The molecule has 3 aromatic rings. The van der Waals surface area contributed by atoms with Crippen LogP contribution in [0.3, 0.4) is 0 Å². The summed E-state index contributed by atoms with van der Waals surface area (Å²) >= 11 is 0. The van der Waals surface area contributed by atoms with E-state index in [9.17, 15) is 5.11 Å². The van der Waals surface area contributed by atoms with E-state index in [0.29, 0.717) is 12.4 Å². The summed E-state index contributed by atoms with van der Waals surface area (Å²) in [7, 11) is 3.31. The third-order valence-electron chi connectivity index (χ3n) is 5.47. The maximum atomic E-state index is 10.9. The minimum atomic E-state index is -0.245. The molecule has 0 radical (unpaired) electrons. The molecule has 0 amide bonds. The maximum Gasteiger partial charge on any atom is 0.162 e. The van der Waals surface area contributed by atoms with Gasteiger partial charge >= 0.3 is 0 Å². The second-order valence-electron chi connectivity index (χ2n) is 7.43. The van der Waals surface area contributed by atoms with Gasteiger partial charge in [0.15, 0.2) is 11.5 Å². The van der Waals surface area contributed by atoms with Crippen molar-refractivity contribution >= 4 is 5.70 Å². The van der Waals surface area contributed by atoms with E-state index in [1.165, 1.54) is 0 Å². The number of ether oxygens (including phenoxy) is 3. The van der Waals surface area contributed by atoms with Gasteiger partial charge in [0.05, 0.1) is 26.9 Å². The lowest BCUT2D eigenvalue weighted by molar-refractivity contribution is 0.314. The van der Waals surface area contributed by atoms with Crippen LogP contribution in [0.1, 0.15) is 35.8 Å². The number of rotatable bonds is 7. The average molecular weight is 433 g/mol. The Morgan fingerprint density at radius 1 is 0.906 bits per heavy atom. The van der Waals surface area contributed by atoms with Crippen molar-refractivity contribution in [3.05, 3.63) is 89.5 Å². The summed E-state index contributed by atoms with van der Waals surface area (Å²) < 4.78 is 16.3. The lowest BCUT2D eigenvalue weighted by Crippen LogP contribution is -2.39. The van der Waals surface area contributed by atoms with Gasteiger partial charge in [-0.2, -0.15) is 0 Å². The van der Waals surface area contributed by atoms with Crippen molar-refractivity contribution in [1.29, 1.82) is 0 Å². The van der Waals surface area contributed by atoms with Crippen molar-refractivity contribution in [1.82, 2.24) is 10.6 Å². The van der Waals surface area contributed by atoms with Gasteiger partial charge in [-0.1, -0.05) is 24.3 Å². The Balaban J connectivity index is 1.75. The van der Waals surface area contributed by atoms with Crippen molar-refractivity contribution in [2.24, 2.45) is 0 Å². The van der Waals surface area contributed by atoms with Crippen LogP contribution in [0.2, 0.25) is 0 Å². The molecular weight excluding hydrogens is 404 g/mol. The highest BCUT2D eigenvalue weighted by Gasteiger charge is 2.27. The fraction of sp³-hybridized carbons (Fsp3) is 0.231. The van der Waals surface area contributed by atoms with Gasteiger partial charge in [0.25, 0.3) is 0 Å². The Hall–Kier alpha value is -3.64. The van der Waals surface area contributed by atoms with E-state index < -0.39 is 0 Å². The molecular formula is C26H28N2O4. The fourth-order valence-corrected chi connectivity index (χ4v) is 3.83. The monoisotopic (exact) mass is 432 g/mol. The van der Waals surface area contributed by atoms with Gasteiger partial charge in [0.1, 0.15) is 17.7 Å². The third-order valence-corrected chi connectivity index (χ3v) is 5.47. The lowest BCUT2D eigenvalue weighted by atomic mass is 9.97. The number of hydrogen-bond donors (Lipinski definition) is 3. The Morgan fingerprint density at radius 3 is 2.38 bits per heavy atom. The largest absolute Gasteiger partial charge is 0.504 e. The summed E-state index contributed by atoms with van der Waals surface area (Å²) in [6, 6.07) is 21.1. The Bertz CT molecular complexity index is 1100. The Labute approximate surface area is 188 Å². The summed E-state index contributed by atoms with van der Waals surface area (Å²) in [6.07, 6.45) is 1.87. The first-order valence-corrected chi connectivity index (χ1v) is 10.6. The second-order valence-corrected chi connectivity index (χ2v) is 7.43. The number of phenols is 1. The minimum absolute atomic E-state index is 0.142. The minimum Gasteiger partial charge on any atom is -0.504 e. The number of benzene rings is 3. The zero-order chi connectivity index (χ0) is 22.5. The van der Waals surface area contributed by atoms with E-state index in [4.69, 9.17) is 14.2 Å². The van der Waals surface area contributed by atoms with Crippen LogP contribution in [-0.4, -0.2) is 25.9 Å². The van der Waals surface area contributed by atoms with Gasteiger partial charge < -0.3 is 24.6 Å². The molecule has 0 spiro atoms. The number of methoxy groups -OCH3 is 2. The van der Waals surface area contributed by atoms with Gasteiger partial charge in [-0.3, -0.25) is 5.32 Å². The molecule has 2 atom stereocenters. The van der Waals surface area contributed by atoms with Crippen LogP contribution in [0.15, 0.2) is 72.8 Å². The van der Waals surface area contributed by atoms with E-state index in [1.54, 1.807) is 20.3 Å². The highest BCUT2D eigenvalue weighted by Crippen LogP contribution is 2.38. The van der Waals surface area contributed by atoms with Crippen LogP contribution in [0.25, 0.3) is 5.70 Å². The van der Waals surface area contributed by atoms with Gasteiger partial charge in [-0.05, 0) is 66.6 Å². The number of hydrogen-bond acceptors (Lipinski definition) is 6. The molecule has 0 saturated carbocycles. The molecule has 4 rings (SSSR count). The summed E-state index contributed by atoms with van der Waals surface area (Å²) in [6.45, 7) is 2.38. The van der Waals surface area contributed by atoms with Crippen molar-refractivity contribution < 1.29 is 19.3 Å². The smallest absolute Gasteiger partial charge is 0.162 e. The van der Waals surface area contributed by atoms with Crippen LogP contribution in [0, 0.1) is 0 Å². The number of aromatic hydroxyl groups is 1. The first-order chi connectivity index (χ1) is 15.6. The normalized spacial score (nSPS) is 17.8. The Morgan fingerprint density at radius 2 is 1.66 bits per heavy atom. The van der Waals surface area contributed by atoms with Crippen LogP contribution in [-0.2, 0) is 0 Å². The summed E-state index contributed by atoms with van der Waals surface area (Å²) in [5, 5.41) is 18.0. The SMILES string of the molecule is CCOc1cccc(C2C=C(c3ccc(OC)cc3)NC(c3cccc(OC)c3)N2)c1O. The zero-order valence-electron chi connectivity index (χ0n) is 18.5. The lowest BCUT2D eigenvalue weighted by Gasteiger charge is -2.33. The van der Waals surface area contributed by atoms with E-state index in [0.717, 1.165) is 33.9 Å². The van der Waals surface area contributed by atoms with Crippen LogP contribution < -0.4 is 24.8 Å². The molecule has 1 aliphatic rings. The number of nitrogens with one attached hydrogen (secondary N) is 2. The second kappa shape index (κ2) is 9.66. The predicted octanol–water partition coefficient (Wildman–Crippen LogP) is 4.78. The first-order valence-electron chi connectivity index (χ1n) is 10.6. The first kappa shape index (κ1) is 21.6. The van der Waals surface area contributed by atoms with E-state index in [2.05, 4.69) is 16.7 Å². The number of phenolic OH excluding ortho intramolecular Hbond substituents is 1. The molecule has 3 N–H and O–H groups in total. The maximum absolute atomic E-state index is 10.9. The summed E-state index contributed by atoms with van der Waals surface area (Å²) in [5.74, 6) is 2.20. The Kier molecular flexibility index (Phi) is 6.52. The van der Waals surface area contributed by atoms with E-state index in [-0.39, 0.29) is 18.0 Å². The van der Waals surface area contributed by atoms with Crippen molar-refractivity contribution in [2.45, 2.75) is 19.1 Å². The van der Waals surface area contributed by atoms with Crippen LogP contribution >= 0.6 is 0 Å². The highest BCUT2D eigenvalue weighted by atomic mass is 16.5. The topological polar surface area (TPSA) is 72.0 Å². The average Bonchev–Trinajstić information content (AvgIpc) is 2.85. The zero-order valence-corrected chi connectivity index (χ0v) is 18.5. The highest BCUT2D eigenvalue weighted by molar-refractivity contribution is 5.67. The van der Waals surface area contributed by atoms with E-state index in [1.807, 2.05) is 67.6 Å². The van der Waals surface area contributed by atoms with Crippen LogP contribution in [0.4, 0.5) is 0 Å². The third kappa shape index (κ3) is 4.50.